The quantitative estimate of drug-likeness (QED) is 0.335. The van der Waals surface area contributed by atoms with Gasteiger partial charge in [-0.25, -0.2) is 0 Å². The van der Waals surface area contributed by atoms with Crippen LogP contribution in [-0.2, 0) is 30.2 Å². The van der Waals surface area contributed by atoms with E-state index >= 15 is 0 Å². The lowest BCUT2D eigenvalue weighted by Gasteiger charge is -2.55. The fourth-order valence-corrected chi connectivity index (χ4v) is 7.36. The molecule has 7 heteroatoms. The van der Waals surface area contributed by atoms with Crippen molar-refractivity contribution in [3.05, 3.63) is 35.1 Å². The second kappa shape index (κ2) is 8.73. The SMILES string of the molecule is CC(=O)Oc1cc(C)cc2c1CCC(C)(CC1=CC3(C)CCCC3(C)C3(CC(OC(C)=O)C(C)(C)O3)O1)O2. The number of rotatable bonds is 4. The maximum absolute atomic E-state index is 11.9. The van der Waals surface area contributed by atoms with Gasteiger partial charge in [0.05, 0.1) is 6.42 Å². The molecule has 0 amide bonds. The monoisotopic (exact) mass is 526 g/mol. The lowest BCUT2D eigenvalue weighted by Crippen LogP contribution is -2.57. The van der Waals surface area contributed by atoms with E-state index in [1.54, 1.807) is 0 Å². The Labute approximate surface area is 226 Å². The zero-order chi connectivity index (χ0) is 27.7. The minimum absolute atomic E-state index is 0.121. The summed E-state index contributed by atoms with van der Waals surface area (Å²) < 4.78 is 31.6. The van der Waals surface area contributed by atoms with Crippen LogP contribution < -0.4 is 9.47 Å². The summed E-state index contributed by atoms with van der Waals surface area (Å²) in [7, 11) is 0. The first-order chi connectivity index (χ1) is 17.6. The molecular weight excluding hydrogens is 484 g/mol. The number of carbonyl (C=O) groups is 2. The van der Waals surface area contributed by atoms with Crippen LogP contribution in [0.2, 0.25) is 0 Å². The van der Waals surface area contributed by atoms with Crippen molar-refractivity contribution >= 4 is 11.9 Å². The lowest BCUT2D eigenvalue weighted by atomic mass is 9.60. The molecule has 0 bridgehead atoms. The number of benzene rings is 1. The van der Waals surface area contributed by atoms with Crippen LogP contribution in [0.4, 0.5) is 0 Å². The highest BCUT2D eigenvalue weighted by molar-refractivity contribution is 5.70. The summed E-state index contributed by atoms with van der Waals surface area (Å²) in [5.74, 6) is 0.662. The molecule has 0 radical (unpaired) electrons. The third kappa shape index (κ3) is 4.31. The third-order valence-electron chi connectivity index (χ3n) is 9.59. The number of ether oxygens (including phenoxy) is 5. The molecule has 1 saturated heterocycles. The maximum atomic E-state index is 11.9. The van der Waals surface area contributed by atoms with E-state index in [1.165, 1.54) is 13.8 Å². The molecule has 2 fully saturated rings. The normalized spacial score (nSPS) is 36.9. The summed E-state index contributed by atoms with van der Waals surface area (Å²) in [6, 6.07) is 3.91. The molecule has 7 nitrogen and oxygen atoms in total. The number of hydrogen-bond donors (Lipinski definition) is 0. The number of hydrogen-bond acceptors (Lipinski definition) is 7. The fraction of sp³-hybridized carbons (Fsp3) is 0.677. The van der Waals surface area contributed by atoms with E-state index in [1.807, 2.05) is 32.9 Å². The van der Waals surface area contributed by atoms with Gasteiger partial charge in [0.2, 0.25) is 5.79 Å². The number of fused-ring (bicyclic) bond motifs is 3. The molecule has 0 N–H and O–H groups in total. The number of carbonyl (C=O) groups excluding carboxylic acids is 2. The fourth-order valence-electron chi connectivity index (χ4n) is 7.36. The summed E-state index contributed by atoms with van der Waals surface area (Å²) in [5, 5.41) is 0. The first-order valence-corrected chi connectivity index (χ1v) is 13.9. The minimum Gasteiger partial charge on any atom is -0.487 e. The van der Waals surface area contributed by atoms with E-state index in [2.05, 4.69) is 26.8 Å². The molecule has 1 aromatic rings. The predicted molar refractivity (Wildman–Crippen MR) is 142 cm³/mol. The lowest BCUT2D eigenvalue weighted by molar-refractivity contribution is -0.311. The molecule has 3 aliphatic heterocycles. The summed E-state index contributed by atoms with van der Waals surface area (Å²) in [5.41, 5.74) is 0.349. The van der Waals surface area contributed by atoms with Gasteiger partial charge in [-0.1, -0.05) is 20.3 Å². The predicted octanol–water partition coefficient (Wildman–Crippen LogP) is 6.33. The Morgan fingerprint density at radius 2 is 1.74 bits per heavy atom. The van der Waals surface area contributed by atoms with E-state index in [-0.39, 0.29) is 22.8 Å². The number of allylic oxidation sites excluding steroid dienone is 1. The van der Waals surface area contributed by atoms with Crippen LogP contribution in [0.5, 0.6) is 11.5 Å². The number of aryl methyl sites for hydroxylation is 1. The van der Waals surface area contributed by atoms with Crippen LogP contribution in [0, 0.1) is 17.8 Å². The summed E-state index contributed by atoms with van der Waals surface area (Å²) >= 11 is 0. The van der Waals surface area contributed by atoms with Crippen LogP contribution in [0.25, 0.3) is 0 Å². The van der Waals surface area contributed by atoms with Crippen molar-refractivity contribution in [1.82, 2.24) is 0 Å². The molecule has 1 saturated carbocycles. The van der Waals surface area contributed by atoms with E-state index in [4.69, 9.17) is 23.7 Å². The van der Waals surface area contributed by atoms with Gasteiger partial charge in [-0.2, -0.15) is 0 Å². The van der Waals surface area contributed by atoms with E-state index in [0.29, 0.717) is 18.6 Å². The van der Waals surface area contributed by atoms with Crippen LogP contribution in [0.15, 0.2) is 24.0 Å². The van der Waals surface area contributed by atoms with Gasteiger partial charge in [-0.15, -0.1) is 0 Å². The average molecular weight is 527 g/mol. The van der Waals surface area contributed by atoms with Gasteiger partial charge >= 0.3 is 11.9 Å². The van der Waals surface area contributed by atoms with Crippen LogP contribution in [0.1, 0.15) is 98.1 Å². The van der Waals surface area contributed by atoms with Gasteiger partial charge < -0.3 is 23.7 Å². The molecule has 5 rings (SSSR count). The average Bonchev–Trinajstić information content (AvgIpc) is 3.20. The van der Waals surface area contributed by atoms with Crippen LogP contribution >= 0.6 is 0 Å². The highest BCUT2D eigenvalue weighted by Crippen LogP contribution is 2.67. The first-order valence-electron chi connectivity index (χ1n) is 13.9. The molecule has 1 aromatic carbocycles. The Morgan fingerprint density at radius 1 is 1.00 bits per heavy atom. The first kappa shape index (κ1) is 27.0. The smallest absolute Gasteiger partial charge is 0.308 e. The Bertz CT molecular complexity index is 1200. The maximum Gasteiger partial charge on any atom is 0.308 e. The van der Waals surface area contributed by atoms with Crippen molar-refractivity contribution in [2.45, 2.75) is 123 Å². The Balaban J connectivity index is 1.46. The highest BCUT2D eigenvalue weighted by Gasteiger charge is 2.70. The van der Waals surface area contributed by atoms with Crippen LogP contribution in [-0.4, -0.2) is 35.0 Å². The summed E-state index contributed by atoms with van der Waals surface area (Å²) in [4.78, 5) is 23.6. The minimum atomic E-state index is -0.895. The molecular formula is C31H42O7. The highest BCUT2D eigenvalue weighted by atomic mass is 16.7. The van der Waals surface area contributed by atoms with E-state index < -0.39 is 23.1 Å². The van der Waals surface area contributed by atoms with Crippen LogP contribution in [0.3, 0.4) is 0 Å². The van der Waals surface area contributed by atoms with Gasteiger partial charge in [-0.05, 0) is 77.2 Å². The second-order valence-electron chi connectivity index (χ2n) is 13.1. The molecule has 5 unspecified atom stereocenters. The largest absolute Gasteiger partial charge is 0.487 e. The summed E-state index contributed by atoms with van der Waals surface area (Å²) in [6.07, 6.45) is 7.60. The van der Waals surface area contributed by atoms with Gasteiger partial charge in [0.25, 0.3) is 0 Å². The number of esters is 2. The van der Waals surface area contributed by atoms with Gasteiger partial charge in [0.15, 0.2) is 0 Å². The molecule has 0 aromatic heterocycles. The zero-order valence-corrected chi connectivity index (χ0v) is 24.1. The van der Waals surface area contributed by atoms with Gasteiger partial charge in [0, 0.05) is 36.7 Å². The summed E-state index contributed by atoms with van der Waals surface area (Å²) in [6.45, 7) is 15.5. The molecule has 208 valence electrons. The van der Waals surface area contributed by atoms with Crippen molar-refractivity contribution in [3.63, 3.8) is 0 Å². The van der Waals surface area contributed by atoms with Crippen molar-refractivity contribution in [2.75, 3.05) is 0 Å². The van der Waals surface area contributed by atoms with Crippen molar-refractivity contribution < 1.29 is 33.3 Å². The Hall–Kier alpha value is -2.54. The van der Waals surface area contributed by atoms with E-state index in [0.717, 1.165) is 54.7 Å². The van der Waals surface area contributed by atoms with Crippen molar-refractivity contribution in [1.29, 1.82) is 0 Å². The molecule has 1 aliphatic carbocycles. The molecule has 38 heavy (non-hydrogen) atoms. The zero-order valence-electron chi connectivity index (χ0n) is 24.1. The molecule has 1 spiro atoms. The van der Waals surface area contributed by atoms with Crippen molar-refractivity contribution in [3.8, 4) is 11.5 Å². The molecule has 3 heterocycles. The van der Waals surface area contributed by atoms with Gasteiger partial charge in [0.1, 0.15) is 34.6 Å². The Kier molecular flexibility index (Phi) is 6.22. The standard InChI is InChI=1S/C31H42O7/c1-19-14-24(34-20(2)32)23-10-13-29(7,37-25(23)15-19)17-22-16-28(6)11-9-12-30(28,8)31(36-22)18-26(35-21(3)33)27(4,5)38-31/h14-16,26H,9-13,17-18H2,1-8H3. The van der Waals surface area contributed by atoms with Gasteiger partial charge in [-0.3, -0.25) is 9.59 Å². The van der Waals surface area contributed by atoms with Crippen molar-refractivity contribution in [2.24, 2.45) is 10.8 Å². The molecule has 4 aliphatic rings. The Morgan fingerprint density at radius 3 is 2.42 bits per heavy atom. The second-order valence-corrected chi connectivity index (χ2v) is 13.1. The topological polar surface area (TPSA) is 80.3 Å². The molecule has 5 atom stereocenters. The van der Waals surface area contributed by atoms with E-state index in [9.17, 15) is 9.59 Å². The third-order valence-corrected chi connectivity index (χ3v) is 9.59.